The molecule has 2 aliphatic heterocycles. The highest BCUT2D eigenvalue weighted by atomic mass is 32.1. The Balaban J connectivity index is 1.36. The maximum Gasteiger partial charge on any atom is 0.189 e. The molecule has 1 saturated heterocycles. The summed E-state index contributed by atoms with van der Waals surface area (Å²) in [7, 11) is 0. The number of nitrogens with one attached hydrogen (secondary N) is 1. The Morgan fingerprint density at radius 3 is 2.78 bits per heavy atom. The number of piperazine rings is 1. The lowest BCUT2D eigenvalue weighted by Gasteiger charge is -2.36. The van der Waals surface area contributed by atoms with Crippen molar-refractivity contribution in [3.05, 3.63) is 48.0 Å². The highest BCUT2D eigenvalue weighted by molar-refractivity contribution is 7.80. The number of ether oxygens (including phenoxy) is 1. The number of hydrogen-bond acceptors (Lipinski definition) is 6. The first kappa shape index (κ1) is 17.7. The van der Waals surface area contributed by atoms with Crippen molar-refractivity contribution >= 4 is 28.7 Å². The summed E-state index contributed by atoms with van der Waals surface area (Å²) in [5.74, 6) is 0.790. The van der Waals surface area contributed by atoms with Gasteiger partial charge in [-0.1, -0.05) is 0 Å². The predicted octanol–water partition coefficient (Wildman–Crippen LogP) is 1.97. The summed E-state index contributed by atoms with van der Waals surface area (Å²) in [6.45, 7) is 6.16. The van der Waals surface area contributed by atoms with E-state index in [1.54, 1.807) is 0 Å². The first-order chi connectivity index (χ1) is 13.2. The first-order valence-corrected chi connectivity index (χ1v) is 9.48. The fraction of sp³-hybridized carbons (Fsp3) is 0.368. The Morgan fingerprint density at radius 1 is 1.22 bits per heavy atom. The topological polar surface area (TPSA) is 65.9 Å². The highest BCUT2D eigenvalue weighted by Crippen LogP contribution is 2.23. The second-order valence-electron chi connectivity index (χ2n) is 6.61. The van der Waals surface area contributed by atoms with E-state index in [4.69, 9.17) is 17.0 Å². The van der Waals surface area contributed by atoms with Crippen LogP contribution >= 0.6 is 12.2 Å². The molecule has 2 aromatic heterocycles. The number of rotatable bonds is 2. The van der Waals surface area contributed by atoms with E-state index in [0.29, 0.717) is 18.1 Å². The lowest BCUT2D eigenvalue weighted by molar-refractivity contribution is 0.317. The van der Waals surface area contributed by atoms with Crippen molar-refractivity contribution in [1.82, 2.24) is 20.3 Å². The number of hydrogen-bond donors (Lipinski definition) is 1. The number of aromatic nitrogens is 2. The van der Waals surface area contributed by atoms with Crippen LogP contribution in [0.15, 0.2) is 41.9 Å². The molecule has 1 fully saturated rings. The summed E-state index contributed by atoms with van der Waals surface area (Å²) in [6, 6.07) is 6.07. The Kier molecular flexibility index (Phi) is 5.15. The number of pyridine rings is 2. The number of hydrazone groups is 1. The van der Waals surface area contributed by atoms with E-state index in [0.717, 1.165) is 48.9 Å². The molecule has 0 bridgehead atoms. The van der Waals surface area contributed by atoms with Gasteiger partial charge < -0.3 is 14.5 Å². The Hall–Kier alpha value is -2.74. The van der Waals surface area contributed by atoms with Crippen molar-refractivity contribution in [2.24, 2.45) is 5.10 Å². The molecule has 0 aliphatic carbocycles. The van der Waals surface area contributed by atoms with E-state index >= 15 is 0 Å². The minimum Gasteiger partial charge on any atom is -0.491 e. The van der Waals surface area contributed by atoms with E-state index in [9.17, 15) is 0 Å². The molecule has 0 aromatic carbocycles. The van der Waals surface area contributed by atoms with Crippen molar-refractivity contribution in [1.29, 1.82) is 0 Å². The predicted molar refractivity (Wildman–Crippen MR) is 109 cm³/mol. The van der Waals surface area contributed by atoms with Crippen LogP contribution < -0.4 is 15.1 Å². The van der Waals surface area contributed by atoms with Crippen LogP contribution in [0.25, 0.3) is 0 Å². The minimum absolute atomic E-state index is 0.607. The largest absolute Gasteiger partial charge is 0.491 e. The van der Waals surface area contributed by atoms with Crippen LogP contribution in [0, 0.1) is 6.92 Å². The summed E-state index contributed by atoms with van der Waals surface area (Å²) in [5, 5.41) is 5.18. The van der Waals surface area contributed by atoms with Gasteiger partial charge in [-0.15, -0.1) is 0 Å². The van der Waals surface area contributed by atoms with Gasteiger partial charge in [-0.2, -0.15) is 5.10 Å². The zero-order chi connectivity index (χ0) is 18.6. The Labute approximate surface area is 164 Å². The van der Waals surface area contributed by atoms with E-state index in [1.165, 1.54) is 5.69 Å². The van der Waals surface area contributed by atoms with Gasteiger partial charge in [0.2, 0.25) is 0 Å². The number of anilines is 1. The number of aryl methyl sites for hydroxylation is 1. The van der Waals surface area contributed by atoms with Gasteiger partial charge in [0, 0.05) is 56.9 Å². The van der Waals surface area contributed by atoms with Crippen LogP contribution in [0.1, 0.15) is 17.7 Å². The summed E-state index contributed by atoms with van der Waals surface area (Å²) in [5.41, 5.74) is 7.01. The van der Waals surface area contributed by atoms with Crippen molar-refractivity contribution in [3.63, 3.8) is 0 Å². The van der Waals surface area contributed by atoms with Gasteiger partial charge in [-0.25, -0.2) is 0 Å². The molecule has 0 amide bonds. The van der Waals surface area contributed by atoms with Gasteiger partial charge >= 0.3 is 0 Å². The maximum absolute atomic E-state index is 5.69. The van der Waals surface area contributed by atoms with E-state index in [-0.39, 0.29) is 0 Å². The summed E-state index contributed by atoms with van der Waals surface area (Å²) < 4.78 is 5.69. The second kappa shape index (κ2) is 7.87. The average molecular weight is 382 g/mol. The summed E-state index contributed by atoms with van der Waals surface area (Å²) in [4.78, 5) is 13.0. The molecule has 2 aromatic rings. The zero-order valence-corrected chi connectivity index (χ0v) is 16.1. The molecule has 0 atom stereocenters. The van der Waals surface area contributed by atoms with Crippen LogP contribution in [0.2, 0.25) is 0 Å². The van der Waals surface area contributed by atoms with Gasteiger partial charge in [0.15, 0.2) is 5.11 Å². The third-order valence-corrected chi connectivity index (χ3v) is 5.09. The summed E-state index contributed by atoms with van der Waals surface area (Å²) >= 11 is 5.54. The average Bonchev–Trinajstić information content (AvgIpc) is 2.72. The molecule has 0 unspecified atom stereocenters. The molecule has 8 heteroatoms. The van der Waals surface area contributed by atoms with Gasteiger partial charge in [-0.05, 0) is 42.9 Å². The third kappa shape index (κ3) is 4.00. The molecule has 140 valence electrons. The van der Waals surface area contributed by atoms with Gasteiger partial charge in [0.1, 0.15) is 11.4 Å². The van der Waals surface area contributed by atoms with E-state index in [1.807, 2.05) is 43.7 Å². The Morgan fingerprint density at radius 2 is 2.00 bits per heavy atom. The quantitative estimate of drug-likeness (QED) is 0.629. The first-order valence-electron chi connectivity index (χ1n) is 9.07. The fourth-order valence-corrected chi connectivity index (χ4v) is 3.49. The molecule has 27 heavy (non-hydrogen) atoms. The van der Waals surface area contributed by atoms with Crippen molar-refractivity contribution < 1.29 is 4.74 Å². The third-order valence-electron chi connectivity index (χ3n) is 4.74. The van der Waals surface area contributed by atoms with Crippen molar-refractivity contribution in [2.45, 2.75) is 13.3 Å². The van der Waals surface area contributed by atoms with Gasteiger partial charge in [0.25, 0.3) is 0 Å². The lowest BCUT2D eigenvalue weighted by Crippen LogP contribution is -2.51. The smallest absolute Gasteiger partial charge is 0.189 e. The molecule has 4 rings (SSSR count). The standard InChI is InChI=1S/C19H22N6OS/c1-14-12-17-18(21-13-14)16(4-11-26-17)22-23-19(27)25-9-7-24(8-10-25)15-2-5-20-6-3-15/h2-3,5-6,12-13H,4,7-11H2,1H3,(H,23,27)/b22-16-. The van der Waals surface area contributed by atoms with Crippen LogP contribution in [0.4, 0.5) is 5.69 Å². The molecule has 4 heterocycles. The normalized spacial score (nSPS) is 18.0. The van der Waals surface area contributed by atoms with E-state index in [2.05, 4.69) is 30.3 Å². The van der Waals surface area contributed by atoms with Crippen LogP contribution in [0.5, 0.6) is 5.75 Å². The maximum atomic E-state index is 5.69. The lowest BCUT2D eigenvalue weighted by atomic mass is 10.1. The molecule has 0 saturated carbocycles. The fourth-order valence-electron chi connectivity index (χ4n) is 3.26. The molecule has 1 N–H and O–H groups in total. The number of nitrogens with zero attached hydrogens (tertiary/aromatic N) is 5. The molecular formula is C19H22N6OS. The van der Waals surface area contributed by atoms with Crippen LogP contribution in [0.3, 0.4) is 0 Å². The second-order valence-corrected chi connectivity index (χ2v) is 7.00. The molecule has 0 spiro atoms. The van der Waals surface area contributed by atoms with E-state index < -0.39 is 0 Å². The molecule has 2 aliphatic rings. The molecule has 0 radical (unpaired) electrons. The molecular weight excluding hydrogens is 360 g/mol. The monoisotopic (exact) mass is 382 g/mol. The van der Waals surface area contributed by atoms with Crippen molar-refractivity contribution in [3.8, 4) is 5.75 Å². The molecule has 7 nitrogen and oxygen atoms in total. The Bertz CT molecular complexity index is 849. The van der Waals surface area contributed by atoms with Crippen LogP contribution in [-0.4, -0.2) is 58.5 Å². The summed E-state index contributed by atoms with van der Waals surface area (Å²) in [6.07, 6.45) is 6.20. The van der Waals surface area contributed by atoms with Gasteiger partial charge in [-0.3, -0.25) is 15.4 Å². The highest BCUT2D eigenvalue weighted by Gasteiger charge is 2.21. The number of thiocarbonyl (C=S) groups is 1. The zero-order valence-electron chi connectivity index (χ0n) is 15.3. The minimum atomic E-state index is 0.607. The SMILES string of the molecule is Cc1cnc2c(c1)OCC/C2=N/NC(=S)N1CCN(c2ccncc2)CC1. The van der Waals surface area contributed by atoms with Gasteiger partial charge in [0.05, 0.1) is 12.3 Å². The van der Waals surface area contributed by atoms with Crippen molar-refractivity contribution in [2.75, 3.05) is 37.7 Å². The van der Waals surface area contributed by atoms with Crippen LogP contribution in [-0.2, 0) is 0 Å². The number of fused-ring (bicyclic) bond motifs is 1.